The number of ketones is 1. The molecule has 1 aliphatic rings. The molecular weight excluding hydrogens is 354 g/mol. The van der Waals surface area contributed by atoms with Crippen molar-refractivity contribution in [2.45, 2.75) is 12.8 Å². The van der Waals surface area contributed by atoms with E-state index in [4.69, 9.17) is 0 Å². The summed E-state index contributed by atoms with van der Waals surface area (Å²) in [6, 6.07) is 28.7. The maximum atomic E-state index is 12.0. The van der Waals surface area contributed by atoms with Crippen LogP contribution in [-0.4, -0.2) is 18.9 Å². The van der Waals surface area contributed by atoms with Crippen LogP contribution in [0.25, 0.3) is 43.1 Å². The highest BCUT2D eigenvalue weighted by Gasteiger charge is 2.19. The molecule has 0 amide bonds. The van der Waals surface area contributed by atoms with E-state index in [1.807, 2.05) is 0 Å². The molecule has 29 heavy (non-hydrogen) atoms. The van der Waals surface area contributed by atoms with Gasteiger partial charge in [-0.2, -0.15) is 0 Å². The zero-order valence-electron chi connectivity index (χ0n) is 16.2. The Kier molecular flexibility index (Phi) is 3.60. The maximum absolute atomic E-state index is 12.0. The highest BCUT2D eigenvalue weighted by Crippen LogP contribution is 2.34. The molecule has 2 nitrogen and oxygen atoms in total. The zero-order chi connectivity index (χ0) is 19.4. The highest BCUT2D eigenvalue weighted by atomic mass is 16.1. The van der Waals surface area contributed by atoms with Crippen molar-refractivity contribution in [3.63, 3.8) is 0 Å². The Bertz CT molecular complexity index is 1430. The van der Waals surface area contributed by atoms with Crippen molar-refractivity contribution in [2.75, 3.05) is 18.0 Å². The first-order valence-corrected chi connectivity index (χ1v) is 10.3. The minimum Gasteiger partial charge on any atom is -0.364 e. The molecule has 0 unspecified atom stereocenters. The van der Waals surface area contributed by atoms with Crippen LogP contribution in [0.4, 0.5) is 5.69 Å². The maximum Gasteiger partial charge on any atom is 0.152 e. The number of Topliss-reactive ketones (excluding diaryl/α,β-unsaturated/α-hetero) is 1. The third-order valence-corrected chi connectivity index (χ3v) is 6.23. The minimum atomic E-state index is 0.340. The van der Waals surface area contributed by atoms with Crippen LogP contribution in [0.2, 0.25) is 0 Å². The van der Waals surface area contributed by atoms with E-state index in [0.29, 0.717) is 18.7 Å². The summed E-state index contributed by atoms with van der Waals surface area (Å²) < 4.78 is 0. The van der Waals surface area contributed by atoms with Crippen molar-refractivity contribution in [3.05, 3.63) is 78.9 Å². The topological polar surface area (TPSA) is 20.3 Å². The fourth-order valence-electron chi connectivity index (χ4n) is 4.77. The molecule has 5 aromatic rings. The first-order chi connectivity index (χ1) is 14.2. The Labute approximate surface area is 169 Å². The molecule has 0 bridgehead atoms. The van der Waals surface area contributed by atoms with Crippen molar-refractivity contribution in [3.8, 4) is 0 Å². The summed E-state index contributed by atoms with van der Waals surface area (Å²) in [5.74, 6) is 0.340. The van der Waals surface area contributed by atoms with E-state index in [0.717, 1.165) is 13.0 Å². The summed E-state index contributed by atoms with van der Waals surface area (Å²) in [4.78, 5) is 14.3. The van der Waals surface area contributed by atoms with Crippen LogP contribution >= 0.6 is 0 Å². The van der Waals surface area contributed by atoms with Crippen LogP contribution in [0, 0.1) is 0 Å². The van der Waals surface area contributed by atoms with Crippen LogP contribution in [0.3, 0.4) is 0 Å². The van der Waals surface area contributed by atoms with Crippen LogP contribution in [0.15, 0.2) is 78.9 Å². The second kappa shape index (κ2) is 6.31. The molecule has 1 aliphatic heterocycles. The molecule has 0 N–H and O–H groups in total. The van der Waals surface area contributed by atoms with E-state index < -0.39 is 0 Å². The fourth-order valence-corrected chi connectivity index (χ4v) is 4.77. The van der Waals surface area contributed by atoms with E-state index in [9.17, 15) is 4.79 Å². The Morgan fingerprint density at radius 1 is 0.621 bits per heavy atom. The van der Waals surface area contributed by atoms with Gasteiger partial charge in [0.1, 0.15) is 0 Å². The summed E-state index contributed by atoms with van der Waals surface area (Å²) >= 11 is 0. The molecule has 6 rings (SSSR count). The molecule has 0 radical (unpaired) electrons. The van der Waals surface area contributed by atoms with Crippen LogP contribution < -0.4 is 4.90 Å². The van der Waals surface area contributed by atoms with Gasteiger partial charge in [-0.1, -0.05) is 36.4 Å². The molecular formula is C27H21NO. The lowest BCUT2D eigenvalue weighted by atomic mass is 9.96. The molecule has 1 saturated heterocycles. The Morgan fingerprint density at radius 3 is 1.90 bits per heavy atom. The monoisotopic (exact) mass is 375 g/mol. The van der Waals surface area contributed by atoms with Crippen molar-refractivity contribution < 1.29 is 4.79 Å². The van der Waals surface area contributed by atoms with E-state index in [-0.39, 0.29) is 0 Å². The second-order valence-corrected chi connectivity index (χ2v) is 8.16. The third-order valence-electron chi connectivity index (χ3n) is 6.23. The highest BCUT2D eigenvalue weighted by molar-refractivity contribution is 6.10. The molecule has 0 aromatic heterocycles. The van der Waals surface area contributed by atoms with Gasteiger partial charge in [-0.05, 0) is 86.6 Å². The summed E-state index contributed by atoms with van der Waals surface area (Å²) in [5.41, 5.74) is 1.18. The van der Waals surface area contributed by atoms with Crippen LogP contribution in [0.1, 0.15) is 12.8 Å². The number of piperidine rings is 1. The summed E-state index contributed by atoms with van der Waals surface area (Å²) in [7, 11) is 0. The summed E-state index contributed by atoms with van der Waals surface area (Å²) in [6.07, 6.45) is 1.66. The average Bonchev–Trinajstić information content (AvgIpc) is 2.74. The molecule has 5 aromatic carbocycles. The number of anilines is 1. The van der Waals surface area contributed by atoms with E-state index in [1.54, 1.807) is 0 Å². The van der Waals surface area contributed by atoms with Gasteiger partial charge >= 0.3 is 0 Å². The predicted molar refractivity (Wildman–Crippen MR) is 123 cm³/mol. The number of benzene rings is 5. The fraction of sp³-hybridized carbons (Fsp3) is 0.148. The standard InChI is InChI=1S/C27H21NO/c29-25-8-4-10-28(17-25)27-9-3-7-20-13-23-14-21-11-18-5-1-2-6-19(18)12-22(21)15-24(23)16-26(20)27/h1-3,5-7,9,11-16H,4,8,10,17H2. The summed E-state index contributed by atoms with van der Waals surface area (Å²) in [6.45, 7) is 1.48. The van der Waals surface area contributed by atoms with Gasteiger partial charge in [0.15, 0.2) is 5.78 Å². The Hall–Kier alpha value is -3.39. The van der Waals surface area contributed by atoms with E-state index in [2.05, 4.69) is 83.8 Å². The predicted octanol–water partition coefficient (Wildman–Crippen LogP) is 6.47. The van der Waals surface area contributed by atoms with Gasteiger partial charge in [-0.15, -0.1) is 0 Å². The van der Waals surface area contributed by atoms with Gasteiger partial charge in [0.05, 0.1) is 6.54 Å². The van der Waals surface area contributed by atoms with Crippen molar-refractivity contribution in [1.82, 2.24) is 0 Å². The van der Waals surface area contributed by atoms with Crippen LogP contribution in [0.5, 0.6) is 0 Å². The van der Waals surface area contributed by atoms with Gasteiger partial charge in [-0.3, -0.25) is 4.79 Å². The summed E-state index contributed by atoms with van der Waals surface area (Å²) in [5, 5.41) is 10.0. The van der Waals surface area contributed by atoms with Crippen molar-refractivity contribution >= 4 is 54.6 Å². The molecule has 2 heteroatoms. The largest absolute Gasteiger partial charge is 0.364 e. The SMILES string of the molecule is O=C1CCCN(c2cccc3cc4cc5cc6ccccc6cc5cc4cc23)C1. The number of hydrogen-bond donors (Lipinski definition) is 0. The first-order valence-electron chi connectivity index (χ1n) is 10.3. The lowest BCUT2D eigenvalue weighted by Gasteiger charge is -2.29. The molecule has 0 spiro atoms. The Balaban J connectivity index is 1.59. The van der Waals surface area contributed by atoms with Crippen LogP contribution in [-0.2, 0) is 4.79 Å². The van der Waals surface area contributed by atoms with E-state index >= 15 is 0 Å². The number of hydrogen-bond acceptors (Lipinski definition) is 2. The van der Waals surface area contributed by atoms with Gasteiger partial charge in [0.2, 0.25) is 0 Å². The van der Waals surface area contributed by atoms with E-state index in [1.165, 1.54) is 48.8 Å². The normalized spacial score (nSPS) is 15.0. The first kappa shape index (κ1) is 16.6. The number of fused-ring (bicyclic) bond motifs is 4. The van der Waals surface area contributed by atoms with Crippen molar-refractivity contribution in [2.24, 2.45) is 0 Å². The van der Waals surface area contributed by atoms with Crippen molar-refractivity contribution in [1.29, 1.82) is 0 Å². The van der Waals surface area contributed by atoms with Gasteiger partial charge in [0, 0.05) is 24.0 Å². The molecule has 1 fully saturated rings. The number of carbonyl (C=O) groups excluding carboxylic acids is 1. The second-order valence-electron chi connectivity index (χ2n) is 8.16. The quantitative estimate of drug-likeness (QED) is 0.313. The van der Waals surface area contributed by atoms with Gasteiger partial charge in [-0.25, -0.2) is 0 Å². The third kappa shape index (κ3) is 2.75. The minimum absolute atomic E-state index is 0.340. The molecule has 1 heterocycles. The molecule has 140 valence electrons. The lowest BCUT2D eigenvalue weighted by Crippen LogP contribution is -2.35. The Morgan fingerprint density at radius 2 is 1.21 bits per heavy atom. The zero-order valence-corrected chi connectivity index (χ0v) is 16.2. The number of rotatable bonds is 1. The molecule has 0 aliphatic carbocycles. The van der Waals surface area contributed by atoms with Gasteiger partial charge in [0.25, 0.3) is 0 Å². The molecule has 0 saturated carbocycles. The van der Waals surface area contributed by atoms with Gasteiger partial charge < -0.3 is 4.90 Å². The number of nitrogens with zero attached hydrogens (tertiary/aromatic N) is 1. The number of carbonyl (C=O) groups is 1. The average molecular weight is 375 g/mol. The lowest BCUT2D eigenvalue weighted by molar-refractivity contribution is -0.118. The molecule has 0 atom stereocenters. The smallest absolute Gasteiger partial charge is 0.152 e.